The molecular formula is C30H25BrN2O4. The topological polar surface area (TPSA) is 67.9 Å². The van der Waals surface area contributed by atoms with Gasteiger partial charge < -0.3 is 14.8 Å². The zero-order chi connectivity index (χ0) is 25.8. The van der Waals surface area contributed by atoms with Crippen molar-refractivity contribution in [1.82, 2.24) is 10.2 Å². The zero-order valence-corrected chi connectivity index (χ0v) is 21.8. The van der Waals surface area contributed by atoms with Crippen LogP contribution in [0, 0.1) is 0 Å². The first-order chi connectivity index (χ1) is 18.0. The lowest BCUT2D eigenvalue weighted by Gasteiger charge is -2.15. The molecule has 3 amide bonds. The molecule has 1 saturated heterocycles. The second kappa shape index (κ2) is 10.9. The maximum Gasteiger partial charge on any atom is 0.329 e. The molecule has 6 nitrogen and oxygen atoms in total. The highest BCUT2D eigenvalue weighted by Gasteiger charge is 2.33. The number of urea groups is 1. The van der Waals surface area contributed by atoms with Crippen molar-refractivity contribution in [3.63, 3.8) is 0 Å². The molecule has 0 atom stereocenters. The normalized spacial score (nSPS) is 14.3. The molecule has 0 aliphatic carbocycles. The van der Waals surface area contributed by atoms with Crippen molar-refractivity contribution >= 4 is 44.7 Å². The number of hydrogen-bond donors (Lipinski definition) is 1. The smallest absolute Gasteiger partial charge is 0.329 e. The van der Waals surface area contributed by atoms with Gasteiger partial charge in [-0.3, -0.25) is 9.69 Å². The first kappa shape index (κ1) is 24.6. The first-order valence-corrected chi connectivity index (χ1v) is 12.8. The summed E-state index contributed by atoms with van der Waals surface area (Å²) in [5, 5.41) is 4.98. The molecule has 0 bridgehead atoms. The Bertz CT molecular complexity index is 1500. The van der Waals surface area contributed by atoms with E-state index in [9.17, 15) is 9.59 Å². The van der Waals surface area contributed by atoms with Gasteiger partial charge in [-0.2, -0.15) is 0 Å². The second-order valence-corrected chi connectivity index (χ2v) is 9.40. The van der Waals surface area contributed by atoms with Gasteiger partial charge in [0.2, 0.25) is 0 Å². The minimum Gasteiger partial charge on any atom is -0.490 e. The molecule has 37 heavy (non-hydrogen) atoms. The van der Waals surface area contributed by atoms with Crippen molar-refractivity contribution in [3.8, 4) is 11.5 Å². The van der Waals surface area contributed by atoms with Crippen molar-refractivity contribution in [3.05, 3.63) is 112 Å². The molecule has 0 aromatic heterocycles. The average Bonchev–Trinajstić information content (AvgIpc) is 3.17. The summed E-state index contributed by atoms with van der Waals surface area (Å²) >= 11 is 3.59. The molecule has 0 unspecified atom stereocenters. The fourth-order valence-electron chi connectivity index (χ4n) is 4.25. The second-order valence-electron chi connectivity index (χ2n) is 8.55. The van der Waals surface area contributed by atoms with Gasteiger partial charge in [-0.25, -0.2) is 4.79 Å². The number of benzene rings is 4. The highest BCUT2D eigenvalue weighted by atomic mass is 79.9. The van der Waals surface area contributed by atoms with E-state index in [0.717, 1.165) is 21.9 Å². The maximum absolute atomic E-state index is 13.0. The Morgan fingerprint density at radius 2 is 1.62 bits per heavy atom. The standard InChI is InChI=1S/C30H25BrN2O4/c1-2-36-27-16-23(15-26-29(34)33(30(35)32-26)18-20-9-4-3-5-10-20)25(31)17-28(27)37-19-22-13-8-12-21-11-6-7-14-24(21)22/h3-17H,2,18-19H2,1H3,(H,32,35)/b26-15+. The average molecular weight is 557 g/mol. The Morgan fingerprint density at radius 1 is 0.892 bits per heavy atom. The molecule has 186 valence electrons. The summed E-state index contributed by atoms with van der Waals surface area (Å²) < 4.78 is 12.8. The van der Waals surface area contributed by atoms with Crippen LogP contribution in [0.4, 0.5) is 4.79 Å². The number of carbonyl (C=O) groups excluding carboxylic acids is 2. The van der Waals surface area contributed by atoms with E-state index in [1.807, 2.05) is 67.6 Å². The molecule has 1 N–H and O–H groups in total. The van der Waals surface area contributed by atoms with E-state index < -0.39 is 6.03 Å². The lowest BCUT2D eigenvalue weighted by Crippen LogP contribution is -2.30. The number of amides is 3. The van der Waals surface area contributed by atoms with Crippen molar-refractivity contribution in [2.75, 3.05) is 6.61 Å². The van der Waals surface area contributed by atoms with Crippen LogP contribution in [0.15, 0.2) is 95.1 Å². The largest absolute Gasteiger partial charge is 0.490 e. The van der Waals surface area contributed by atoms with E-state index >= 15 is 0 Å². The van der Waals surface area contributed by atoms with Crippen LogP contribution in [0.2, 0.25) is 0 Å². The number of ether oxygens (including phenoxy) is 2. The van der Waals surface area contributed by atoms with Crippen molar-refractivity contribution in [1.29, 1.82) is 0 Å². The first-order valence-electron chi connectivity index (χ1n) is 12.0. The number of hydrogen-bond acceptors (Lipinski definition) is 4. The summed E-state index contributed by atoms with van der Waals surface area (Å²) in [6.07, 6.45) is 1.65. The van der Waals surface area contributed by atoms with Gasteiger partial charge in [-0.1, -0.05) is 88.7 Å². The van der Waals surface area contributed by atoms with Gasteiger partial charge in [0.15, 0.2) is 11.5 Å². The van der Waals surface area contributed by atoms with Crippen LogP contribution in [0.5, 0.6) is 11.5 Å². The van der Waals surface area contributed by atoms with Crippen molar-refractivity contribution < 1.29 is 19.1 Å². The number of nitrogens with one attached hydrogen (secondary N) is 1. The number of nitrogens with zero attached hydrogens (tertiary/aromatic N) is 1. The summed E-state index contributed by atoms with van der Waals surface area (Å²) in [6, 6.07) is 26.9. The third-order valence-electron chi connectivity index (χ3n) is 6.07. The Kier molecular flexibility index (Phi) is 7.23. The summed E-state index contributed by atoms with van der Waals surface area (Å²) in [5.41, 5.74) is 2.83. The van der Waals surface area contributed by atoms with Crippen molar-refractivity contribution in [2.45, 2.75) is 20.1 Å². The molecule has 4 aromatic carbocycles. The molecule has 0 saturated carbocycles. The maximum atomic E-state index is 13.0. The highest BCUT2D eigenvalue weighted by Crippen LogP contribution is 2.36. The number of carbonyl (C=O) groups is 2. The summed E-state index contributed by atoms with van der Waals surface area (Å²) in [6.45, 7) is 2.92. The molecule has 0 spiro atoms. The molecule has 0 radical (unpaired) electrons. The number of imide groups is 1. The Hall–Kier alpha value is -4.10. The summed E-state index contributed by atoms with van der Waals surface area (Å²) in [5.74, 6) is 0.752. The van der Waals surface area contributed by atoms with E-state index in [0.29, 0.717) is 34.7 Å². The lowest BCUT2D eigenvalue weighted by molar-refractivity contribution is -0.123. The van der Waals surface area contributed by atoms with Gasteiger partial charge in [-0.15, -0.1) is 0 Å². The minimum atomic E-state index is -0.448. The predicted octanol–water partition coefficient (Wildman–Crippen LogP) is 6.67. The zero-order valence-electron chi connectivity index (χ0n) is 20.2. The fraction of sp³-hybridized carbons (Fsp3) is 0.133. The van der Waals surface area contributed by atoms with Crippen LogP contribution in [0.3, 0.4) is 0 Å². The molecule has 4 aromatic rings. The van der Waals surface area contributed by atoms with Gasteiger partial charge >= 0.3 is 6.03 Å². The molecule has 1 fully saturated rings. The van der Waals surface area contributed by atoms with Crippen LogP contribution < -0.4 is 14.8 Å². The SMILES string of the molecule is CCOc1cc(/C=C2/NC(=O)N(Cc3ccccc3)C2=O)c(Br)cc1OCc1cccc2ccccc12. The highest BCUT2D eigenvalue weighted by molar-refractivity contribution is 9.10. The third kappa shape index (κ3) is 5.37. The Labute approximate surface area is 223 Å². The van der Waals surface area contributed by atoms with Gasteiger partial charge in [0, 0.05) is 4.47 Å². The Morgan fingerprint density at radius 3 is 2.43 bits per heavy atom. The van der Waals surface area contributed by atoms with E-state index in [1.54, 1.807) is 12.1 Å². The molecule has 1 aliphatic heterocycles. The van der Waals surface area contributed by atoms with Gasteiger partial charge in [0.25, 0.3) is 5.91 Å². The van der Waals surface area contributed by atoms with Gasteiger partial charge in [0.1, 0.15) is 12.3 Å². The van der Waals surface area contributed by atoms with Crippen LogP contribution in [-0.4, -0.2) is 23.4 Å². The lowest BCUT2D eigenvalue weighted by atomic mass is 10.1. The quantitative estimate of drug-likeness (QED) is 0.194. The number of fused-ring (bicyclic) bond motifs is 1. The molecular weight excluding hydrogens is 532 g/mol. The van der Waals surface area contributed by atoms with Crippen LogP contribution in [0.1, 0.15) is 23.6 Å². The van der Waals surface area contributed by atoms with Crippen LogP contribution in [-0.2, 0) is 17.9 Å². The predicted molar refractivity (Wildman–Crippen MR) is 147 cm³/mol. The van der Waals surface area contributed by atoms with E-state index in [-0.39, 0.29) is 18.1 Å². The summed E-state index contributed by atoms with van der Waals surface area (Å²) in [4.78, 5) is 26.7. The van der Waals surface area contributed by atoms with Crippen molar-refractivity contribution in [2.24, 2.45) is 0 Å². The molecule has 1 heterocycles. The van der Waals surface area contributed by atoms with E-state index in [4.69, 9.17) is 9.47 Å². The summed E-state index contributed by atoms with van der Waals surface area (Å²) in [7, 11) is 0. The van der Waals surface area contributed by atoms with Crippen LogP contribution >= 0.6 is 15.9 Å². The molecule has 1 aliphatic rings. The minimum absolute atomic E-state index is 0.202. The van der Waals surface area contributed by atoms with E-state index in [1.165, 1.54) is 4.90 Å². The fourth-order valence-corrected chi connectivity index (χ4v) is 4.69. The van der Waals surface area contributed by atoms with Gasteiger partial charge in [0.05, 0.1) is 13.2 Å². The third-order valence-corrected chi connectivity index (χ3v) is 6.76. The number of halogens is 1. The van der Waals surface area contributed by atoms with Gasteiger partial charge in [-0.05, 0) is 52.6 Å². The monoisotopic (exact) mass is 556 g/mol. The molecule has 5 rings (SSSR count). The molecule has 7 heteroatoms. The number of rotatable bonds is 8. The van der Waals surface area contributed by atoms with Crippen LogP contribution in [0.25, 0.3) is 16.8 Å². The van der Waals surface area contributed by atoms with E-state index in [2.05, 4.69) is 39.4 Å². The Balaban J connectivity index is 1.38.